The van der Waals surface area contributed by atoms with E-state index in [0.717, 1.165) is 6.07 Å². The van der Waals surface area contributed by atoms with Crippen molar-refractivity contribution in [3.63, 3.8) is 0 Å². The molecule has 7 heteroatoms. The fourth-order valence-corrected chi connectivity index (χ4v) is 1.63. The highest BCUT2D eigenvalue weighted by Crippen LogP contribution is 2.17. The minimum absolute atomic E-state index is 0.155. The number of carbonyl (C=O) groups is 2. The molecule has 3 amide bonds. The molecule has 0 aliphatic heterocycles. The first-order valence-electron chi connectivity index (χ1n) is 6.04. The van der Waals surface area contributed by atoms with Gasteiger partial charge in [-0.3, -0.25) is 4.79 Å². The number of carbonyl (C=O) groups excluding carboxylic acids is 2. The fourth-order valence-electron chi connectivity index (χ4n) is 1.63. The first kappa shape index (κ1) is 15.9. The van der Waals surface area contributed by atoms with E-state index in [9.17, 15) is 18.4 Å². The summed E-state index contributed by atoms with van der Waals surface area (Å²) < 4.78 is 26.4. The maximum atomic E-state index is 13.4. The van der Waals surface area contributed by atoms with Crippen LogP contribution in [0.1, 0.15) is 6.92 Å². The molecule has 20 heavy (non-hydrogen) atoms. The molecule has 0 heterocycles. The van der Waals surface area contributed by atoms with Gasteiger partial charge in [0.1, 0.15) is 0 Å². The van der Waals surface area contributed by atoms with E-state index in [0.29, 0.717) is 0 Å². The second-order valence-electron chi connectivity index (χ2n) is 4.43. The maximum absolute atomic E-state index is 13.4. The molecule has 1 aromatic rings. The van der Waals surface area contributed by atoms with Crippen LogP contribution in [0.25, 0.3) is 0 Å². The molecule has 1 unspecified atom stereocenters. The number of urea groups is 1. The zero-order chi connectivity index (χ0) is 15.3. The molecule has 0 spiro atoms. The second kappa shape index (κ2) is 6.83. The van der Waals surface area contributed by atoms with Crippen molar-refractivity contribution in [2.45, 2.75) is 6.92 Å². The first-order chi connectivity index (χ1) is 9.36. The molecule has 0 radical (unpaired) electrons. The van der Waals surface area contributed by atoms with E-state index in [2.05, 4.69) is 10.6 Å². The Morgan fingerprint density at radius 2 is 2.00 bits per heavy atom. The Labute approximate surface area is 115 Å². The molecule has 0 saturated carbocycles. The molecule has 0 aromatic heterocycles. The van der Waals surface area contributed by atoms with Gasteiger partial charge in [0.25, 0.3) is 0 Å². The number of benzene rings is 1. The smallest absolute Gasteiger partial charge is 0.321 e. The molecule has 110 valence electrons. The molecular formula is C13H17F2N3O2. The van der Waals surface area contributed by atoms with E-state index >= 15 is 0 Å². The van der Waals surface area contributed by atoms with Crippen molar-refractivity contribution < 1.29 is 18.4 Å². The number of halogens is 2. The highest BCUT2D eigenvalue weighted by Gasteiger charge is 2.18. The summed E-state index contributed by atoms with van der Waals surface area (Å²) in [6.07, 6.45) is 0. The van der Waals surface area contributed by atoms with E-state index in [4.69, 9.17) is 0 Å². The molecule has 0 saturated heterocycles. The van der Waals surface area contributed by atoms with Crippen molar-refractivity contribution in [2.24, 2.45) is 5.92 Å². The lowest BCUT2D eigenvalue weighted by Gasteiger charge is -2.21. The van der Waals surface area contributed by atoms with Crippen LogP contribution in [0.15, 0.2) is 18.2 Å². The van der Waals surface area contributed by atoms with Gasteiger partial charge in [-0.25, -0.2) is 13.6 Å². The van der Waals surface area contributed by atoms with Crippen molar-refractivity contribution in [3.05, 3.63) is 29.8 Å². The summed E-state index contributed by atoms with van der Waals surface area (Å²) in [5.41, 5.74) is -0.241. The zero-order valence-electron chi connectivity index (χ0n) is 11.5. The first-order valence-corrected chi connectivity index (χ1v) is 6.04. The van der Waals surface area contributed by atoms with E-state index in [1.165, 1.54) is 31.1 Å². The minimum Gasteiger partial charge on any atom is -0.359 e. The predicted molar refractivity (Wildman–Crippen MR) is 71.2 cm³/mol. The van der Waals surface area contributed by atoms with Crippen LogP contribution in [0, 0.1) is 17.6 Å². The number of hydrogen-bond donors (Lipinski definition) is 2. The van der Waals surface area contributed by atoms with Gasteiger partial charge in [0.2, 0.25) is 5.91 Å². The molecule has 0 bridgehead atoms. The number of nitrogens with zero attached hydrogens (tertiary/aromatic N) is 1. The Morgan fingerprint density at radius 3 is 2.60 bits per heavy atom. The van der Waals surface area contributed by atoms with Crippen LogP contribution >= 0.6 is 0 Å². The van der Waals surface area contributed by atoms with Gasteiger partial charge in [-0.2, -0.15) is 0 Å². The van der Waals surface area contributed by atoms with Crippen LogP contribution in [0.5, 0.6) is 0 Å². The van der Waals surface area contributed by atoms with Crippen molar-refractivity contribution in [1.29, 1.82) is 0 Å². The number of anilines is 1. The number of rotatable bonds is 4. The average molecular weight is 285 g/mol. The third kappa shape index (κ3) is 3.91. The largest absolute Gasteiger partial charge is 0.359 e. The average Bonchev–Trinajstić information content (AvgIpc) is 2.42. The van der Waals surface area contributed by atoms with Gasteiger partial charge in [0, 0.05) is 20.6 Å². The molecule has 0 aliphatic carbocycles. The lowest BCUT2D eigenvalue weighted by molar-refractivity contribution is -0.124. The van der Waals surface area contributed by atoms with Crippen molar-refractivity contribution in [3.8, 4) is 0 Å². The predicted octanol–water partition coefficient (Wildman–Crippen LogP) is 1.81. The Morgan fingerprint density at radius 1 is 1.35 bits per heavy atom. The van der Waals surface area contributed by atoms with Crippen LogP contribution in [0.3, 0.4) is 0 Å². The summed E-state index contributed by atoms with van der Waals surface area (Å²) in [6.45, 7) is 1.81. The Hall–Kier alpha value is -2.18. The van der Waals surface area contributed by atoms with Gasteiger partial charge in [-0.05, 0) is 12.1 Å². The van der Waals surface area contributed by atoms with Crippen LogP contribution in [-0.2, 0) is 4.79 Å². The summed E-state index contributed by atoms with van der Waals surface area (Å²) in [4.78, 5) is 24.4. The van der Waals surface area contributed by atoms with Gasteiger partial charge in [0.15, 0.2) is 11.6 Å². The highest BCUT2D eigenvalue weighted by atomic mass is 19.2. The Kier molecular flexibility index (Phi) is 5.42. The molecule has 1 atom stereocenters. The molecule has 5 nitrogen and oxygen atoms in total. The Bertz CT molecular complexity index is 508. The van der Waals surface area contributed by atoms with Crippen LogP contribution < -0.4 is 10.6 Å². The summed E-state index contributed by atoms with van der Waals surface area (Å²) in [6, 6.07) is 2.89. The van der Waals surface area contributed by atoms with Gasteiger partial charge < -0.3 is 15.5 Å². The van der Waals surface area contributed by atoms with E-state index in [-0.39, 0.29) is 18.1 Å². The SMILES string of the molecule is CNC(=O)C(C)CN(C)C(=O)Nc1cccc(F)c1F. The highest BCUT2D eigenvalue weighted by molar-refractivity contribution is 5.89. The van der Waals surface area contributed by atoms with Crippen LogP contribution in [0.4, 0.5) is 19.3 Å². The van der Waals surface area contributed by atoms with Gasteiger partial charge in [-0.1, -0.05) is 13.0 Å². The fraction of sp³-hybridized carbons (Fsp3) is 0.385. The van der Waals surface area contributed by atoms with Gasteiger partial charge in [0.05, 0.1) is 11.6 Å². The monoisotopic (exact) mass is 285 g/mol. The summed E-state index contributed by atoms with van der Waals surface area (Å²) in [5, 5.41) is 4.72. The normalized spacial score (nSPS) is 11.7. The standard InChI is InChI=1S/C13H17F2N3O2/c1-8(12(19)16-2)7-18(3)13(20)17-10-6-4-5-9(14)11(10)15/h4-6,8H,7H2,1-3H3,(H,16,19)(H,17,20). The summed E-state index contributed by atoms with van der Waals surface area (Å²) in [5.74, 6) is -2.77. The Balaban J connectivity index is 2.66. The molecule has 1 aromatic carbocycles. The molecular weight excluding hydrogens is 268 g/mol. The van der Waals surface area contributed by atoms with Gasteiger partial charge in [-0.15, -0.1) is 0 Å². The van der Waals surface area contributed by atoms with E-state index in [1.807, 2.05) is 0 Å². The third-order valence-corrected chi connectivity index (χ3v) is 2.78. The van der Waals surface area contributed by atoms with Crippen molar-refractivity contribution >= 4 is 17.6 Å². The van der Waals surface area contributed by atoms with E-state index in [1.54, 1.807) is 6.92 Å². The lowest BCUT2D eigenvalue weighted by atomic mass is 10.1. The number of amides is 3. The molecule has 2 N–H and O–H groups in total. The quantitative estimate of drug-likeness (QED) is 0.886. The topological polar surface area (TPSA) is 61.4 Å². The lowest BCUT2D eigenvalue weighted by Crippen LogP contribution is -2.39. The van der Waals surface area contributed by atoms with Crippen molar-refractivity contribution in [2.75, 3.05) is 26.0 Å². The minimum atomic E-state index is -1.12. The number of nitrogens with one attached hydrogen (secondary N) is 2. The van der Waals surface area contributed by atoms with E-state index < -0.39 is 23.6 Å². The van der Waals surface area contributed by atoms with Crippen molar-refractivity contribution in [1.82, 2.24) is 10.2 Å². The molecule has 1 rings (SSSR count). The number of hydrogen-bond acceptors (Lipinski definition) is 2. The zero-order valence-corrected chi connectivity index (χ0v) is 11.5. The molecule has 0 aliphatic rings. The second-order valence-corrected chi connectivity index (χ2v) is 4.43. The maximum Gasteiger partial charge on any atom is 0.321 e. The molecule has 0 fully saturated rings. The van der Waals surface area contributed by atoms with Gasteiger partial charge >= 0.3 is 6.03 Å². The van der Waals surface area contributed by atoms with Crippen LogP contribution in [0.2, 0.25) is 0 Å². The van der Waals surface area contributed by atoms with Crippen LogP contribution in [-0.4, -0.2) is 37.5 Å². The summed E-state index contributed by atoms with van der Waals surface area (Å²) >= 11 is 0. The third-order valence-electron chi connectivity index (χ3n) is 2.78. The summed E-state index contributed by atoms with van der Waals surface area (Å²) in [7, 11) is 2.97.